The summed E-state index contributed by atoms with van der Waals surface area (Å²) in [5.74, 6) is 0. The maximum absolute atomic E-state index is 4.47. The first-order chi connectivity index (χ1) is 6.77. The summed E-state index contributed by atoms with van der Waals surface area (Å²) >= 11 is 1.68. The van der Waals surface area contributed by atoms with Crippen LogP contribution in [0.5, 0.6) is 0 Å². The van der Waals surface area contributed by atoms with Crippen LogP contribution in [0.1, 0.15) is 27.2 Å². The third kappa shape index (κ3) is 3.18. The summed E-state index contributed by atoms with van der Waals surface area (Å²) in [6.07, 6.45) is 11.5. The van der Waals surface area contributed by atoms with Crippen molar-refractivity contribution >= 4 is 17.7 Å². The molecule has 2 heteroatoms. The van der Waals surface area contributed by atoms with Crippen LogP contribution in [-0.4, -0.2) is 11.0 Å². The highest BCUT2D eigenvalue weighted by atomic mass is 32.2. The zero-order valence-corrected chi connectivity index (χ0v) is 9.84. The standard InChI is InChI=1S/C12H17NS/c1-4-6-8-11(7-5-2)12-9-10(3)14-13-12/h4-8,10H,9H2,1-3H3/b6-4?,7-5-,11-8+. The van der Waals surface area contributed by atoms with Crippen molar-refractivity contribution in [2.24, 2.45) is 4.40 Å². The molecule has 1 nitrogen and oxygen atoms in total. The van der Waals surface area contributed by atoms with E-state index in [-0.39, 0.29) is 0 Å². The van der Waals surface area contributed by atoms with Gasteiger partial charge in [0.15, 0.2) is 0 Å². The second-order valence-corrected chi connectivity index (χ2v) is 4.50. The van der Waals surface area contributed by atoms with Crippen LogP contribution in [0.3, 0.4) is 0 Å². The lowest BCUT2D eigenvalue weighted by molar-refractivity contribution is 1.04. The zero-order valence-electron chi connectivity index (χ0n) is 9.03. The molecule has 1 aliphatic heterocycles. The molecule has 1 rings (SSSR count). The second-order valence-electron chi connectivity index (χ2n) is 3.31. The van der Waals surface area contributed by atoms with E-state index in [4.69, 9.17) is 0 Å². The van der Waals surface area contributed by atoms with E-state index in [9.17, 15) is 0 Å². The summed E-state index contributed by atoms with van der Waals surface area (Å²) in [4.78, 5) is 0. The molecule has 1 heterocycles. The molecule has 0 spiro atoms. The number of nitrogens with zero attached hydrogens (tertiary/aromatic N) is 1. The van der Waals surface area contributed by atoms with Crippen molar-refractivity contribution in [2.75, 3.05) is 0 Å². The first kappa shape index (κ1) is 11.3. The van der Waals surface area contributed by atoms with Gasteiger partial charge in [-0.1, -0.05) is 37.3 Å². The first-order valence-electron chi connectivity index (χ1n) is 4.96. The molecule has 0 aliphatic carbocycles. The Hall–Kier alpha value is -0.760. The Morgan fingerprint density at radius 3 is 2.71 bits per heavy atom. The van der Waals surface area contributed by atoms with E-state index in [1.54, 1.807) is 11.9 Å². The molecular formula is C12H17NS. The van der Waals surface area contributed by atoms with Gasteiger partial charge in [-0.2, -0.15) is 0 Å². The molecule has 0 aromatic carbocycles. The Labute approximate surface area is 90.8 Å². The third-order valence-electron chi connectivity index (χ3n) is 1.97. The molecule has 14 heavy (non-hydrogen) atoms. The van der Waals surface area contributed by atoms with Gasteiger partial charge in [0.25, 0.3) is 0 Å². The molecule has 0 aromatic heterocycles. The average molecular weight is 207 g/mol. The van der Waals surface area contributed by atoms with Gasteiger partial charge in [-0.3, -0.25) is 0 Å². The summed E-state index contributed by atoms with van der Waals surface area (Å²) in [5.41, 5.74) is 2.46. The number of allylic oxidation sites excluding steroid dienone is 6. The molecule has 0 amide bonds. The molecule has 1 aliphatic rings. The largest absolute Gasteiger partial charge is 0.220 e. The second kappa shape index (κ2) is 5.86. The Balaban J connectivity index is 2.78. The van der Waals surface area contributed by atoms with Crippen molar-refractivity contribution in [3.63, 3.8) is 0 Å². The quantitative estimate of drug-likeness (QED) is 0.504. The lowest BCUT2D eigenvalue weighted by atomic mass is 10.1. The Morgan fingerprint density at radius 1 is 1.43 bits per heavy atom. The molecule has 0 bridgehead atoms. The van der Waals surface area contributed by atoms with Crippen molar-refractivity contribution in [3.8, 4) is 0 Å². The van der Waals surface area contributed by atoms with Gasteiger partial charge >= 0.3 is 0 Å². The fourth-order valence-electron chi connectivity index (χ4n) is 1.30. The van der Waals surface area contributed by atoms with Crippen LogP contribution in [0, 0.1) is 0 Å². The van der Waals surface area contributed by atoms with E-state index in [1.165, 1.54) is 11.3 Å². The molecule has 76 valence electrons. The van der Waals surface area contributed by atoms with Crippen LogP contribution in [0.4, 0.5) is 0 Å². The van der Waals surface area contributed by atoms with E-state index in [0.717, 1.165) is 6.42 Å². The molecule has 0 N–H and O–H groups in total. The summed E-state index contributed by atoms with van der Waals surface area (Å²) in [7, 11) is 0. The minimum Gasteiger partial charge on any atom is -0.220 e. The molecule has 0 aromatic rings. The van der Waals surface area contributed by atoms with Gasteiger partial charge in [0.2, 0.25) is 0 Å². The molecule has 0 saturated heterocycles. The highest BCUT2D eigenvalue weighted by Crippen LogP contribution is 2.27. The Bertz CT molecular complexity index is 297. The van der Waals surface area contributed by atoms with Crippen molar-refractivity contribution in [3.05, 3.63) is 36.0 Å². The van der Waals surface area contributed by atoms with Crippen LogP contribution in [0.2, 0.25) is 0 Å². The zero-order chi connectivity index (χ0) is 10.4. The van der Waals surface area contributed by atoms with Crippen LogP contribution in [-0.2, 0) is 0 Å². The summed E-state index contributed by atoms with van der Waals surface area (Å²) in [6.45, 7) is 6.28. The minimum absolute atomic E-state index is 0.629. The van der Waals surface area contributed by atoms with Crippen LogP contribution < -0.4 is 0 Å². The third-order valence-corrected chi connectivity index (χ3v) is 2.82. The van der Waals surface area contributed by atoms with Crippen LogP contribution >= 0.6 is 11.9 Å². The topological polar surface area (TPSA) is 12.4 Å². The molecule has 0 radical (unpaired) electrons. The Kier molecular flexibility index (Phi) is 4.74. The van der Waals surface area contributed by atoms with E-state index >= 15 is 0 Å². The van der Waals surface area contributed by atoms with Gasteiger partial charge in [-0.25, -0.2) is 4.40 Å². The van der Waals surface area contributed by atoms with Gasteiger partial charge < -0.3 is 0 Å². The lowest BCUT2D eigenvalue weighted by Gasteiger charge is -2.00. The van der Waals surface area contributed by atoms with Gasteiger partial charge in [0.1, 0.15) is 0 Å². The predicted molar refractivity (Wildman–Crippen MR) is 66.8 cm³/mol. The van der Waals surface area contributed by atoms with E-state index in [2.05, 4.69) is 35.6 Å². The molecule has 1 unspecified atom stereocenters. The monoisotopic (exact) mass is 207 g/mol. The molecular weight excluding hydrogens is 190 g/mol. The fourth-order valence-corrected chi connectivity index (χ4v) is 2.02. The number of rotatable bonds is 3. The summed E-state index contributed by atoms with van der Waals surface area (Å²) in [6, 6.07) is 0. The summed E-state index contributed by atoms with van der Waals surface area (Å²) < 4.78 is 4.47. The predicted octanol–water partition coefficient (Wildman–Crippen LogP) is 3.95. The first-order valence-corrected chi connectivity index (χ1v) is 5.80. The average Bonchev–Trinajstić information content (AvgIpc) is 2.59. The smallest absolute Gasteiger partial charge is 0.0570 e. The molecule has 0 saturated carbocycles. The number of hydrogen-bond donors (Lipinski definition) is 0. The summed E-state index contributed by atoms with van der Waals surface area (Å²) in [5, 5.41) is 0.629. The van der Waals surface area contributed by atoms with Gasteiger partial charge in [-0.15, -0.1) is 0 Å². The lowest BCUT2D eigenvalue weighted by Crippen LogP contribution is -2.01. The van der Waals surface area contributed by atoms with Crippen molar-refractivity contribution in [2.45, 2.75) is 32.4 Å². The minimum atomic E-state index is 0.629. The maximum atomic E-state index is 4.47. The van der Waals surface area contributed by atoms with Gasteiger partial charge in [-0.05, 0) is 31.4 Å². The highest BCUT2D eigenvalue weighted by molar-refractivity contribution is 7.99. The fraction of sp³-hybridized carbons (Fsp3) is 0.417. The normalized spacial score (nSPS) is 23.8. The van der Waals surface area contributed by atoms with Crippen molar-refractivity contribution < 1.29 is 0 Å². The van der Waals surface area contributed by atoms with E-state index in [1.807, 2.05) is 19.9 Å². The number of hydrogen-bond acceptors (Lipinski definition) is 2. The van der Waals surface area contributed by atoms with Crippen LogP contribution in [0.15, 0.2) is 40.4 Å². The highest BCUT2D eigenvalue weighted by Gasteiger charge is 2.16. The van der Waals surface area contributed by atoms with E-state index < -0.39 is 0 Å². The molecule has 1 atom stereocenters. The SMILES string of the molecule is CC=C/C=C(\C=C/C)C1=NSC(C)C1. The van der Waals surface area contributed by atoms with Gasteiger partial charge in [0.05, 0.1) is 5.71 Å². The van der Waals surface area contributed by atoms with Crippen molar-refractivity contribution in [1.29, 1.82) is 0 Å². The van der Waals surface area contributed by atoms with Crippen molar-refractivity contribution in [1.82, 2.24) is 0 Å². The van der Waals surface area contributed by atoms with Gasteiger partial charge in [0, 0.05) is 11.7 Å². The Morgan fingerprint density at radius 2 is 2.21 bits per heavy atom. The molecule has 0 fully saturated rings. The maximum Gasteiger partial charge on any atom is 0.0570 e. The van der Waals surface area contributed by atoms with Crippen LogP contribution in [0.25, 0.3) is 0 Å². The van der Waals surface area contributed by atoms with E-state index in [0.29, 0.717) is 5.25 Å².